The summed E-state index contributed by atoms with van der Waals surface area (Å²) in [5.74, 6) is -3.34. The fourth-order valence-corrected chi connectivity index (χ4v) is 0.829. The van der Waals surface area contributed by atoms with E-state index in [1.165, 1.54) is 0 Å². The van der Waals surface area contributed by atoms with Gasteiger partial charge in [0.25, 0.3) is 0 Å². The molecule has 0 radical (unpaired) electrons. The molecule has 0 aromatic rings. The van der Waals surface area contributed by atoms with Crippen molar-refractivity contribution in [2.24, 2.45) is 5.92 Å². The van der Waals surface area contributed by atoms with Gasteiger partial charge in [-0.1, -0.05) is 0 Å². The standard InChI is InChI=1S/C6H8F6O2/c7-1-2(8)4(13)3(5(9)14)6(10,11)12/h2-5,13-14H,1H2. The van der Waals surface area contributed by atoms with Crippen LogP contribution in [0.15, 0.2) is 0 Å². The van der Waals surface area contributed by atoms with Gasteiger partial charge in [-0.3, -0.25) is 0 Å². The smallest absolute Gasteiger partial charge is 0.389 e. The largest absolute Gasteiger partial charge is 0.399 e. The van der Waals surface area contributed by atoms with Gasteiger partial charge in [0.1, 0.15) is 18.7 Å². The Labute approximate surface area is 75.1 Å². The molecule has 0 aliphatic carbocycles. The Morgan fingerprint density at radius 2 is 1.50 bits per heavy atom. The zero-order valence-corrected chi connectivity index (χ0v) is 6.68. The predicted octanol–water partition coefficient (Wildman–Crippen LogP) is 1.12. The van der Waals surface area contributed by atoms with E-state index in [1.54, 1.807) is 0 Å². The molecule has 0 rings (SSSR count). The van der Waals surface area contributed by atoms with Gasteiger partial charge in [-0.15, -0.1) is 0 Å². The number of halogens is 6. The van der Waals surface area contributed by atoms with Crippen LogP contribution in [0.1, 0.15) is 0 Å². The Kier molecular flexibility index (Phi) is 4.66. The van der Waals surface area contributed by atoms with Crippen LogP contribution >= 0.6 is 0 Å². The maximum atomic E-state index is 12.3. The lowest BCUT2D eigenvalue weighted by atomic mass is 9.98. The molecule has 0 aromatic carbocycles. The third-order valence-electron chi connectivity index (χ3n) is 1.56. The van der Waals surface area contributed by atoms with Crippen LogP contribution in [0.2, 0.25) is 0 Å². The molecule has 0 spiro atoms. The molecule has 0 bridgehead atoms. The number of hydrogen-bond acceptors (Lipinski definition) is 2. The van der Waals surface area contributed by atoms with E-state index in [0.29, 0.717) is 0 Å². The van der Waals surface area contributed by atoms with E-state index in [2.05, 4.69) is 0 Å². The molecule has 0 saturated heterocycles. The van der Waals surface area contributed by atoms with Crippen molar-refractivity contribution >= 4 is 0 Å². The fraction of sp³-hybridized carbons (Fsp3) is 1.00. The second-order valence-electron chi connectivity index (χ2n) is 2.60. The van der Waals surface area contributed by atoms with Gasteiger partial charge in [-0.25, -0.2) is 13.2 Å². The van der Waals surface area contributed by atoms with E-state index in [1.807, 2.05) is 0 Å². The van der Waals surface area contributed by atoms with Gasteiger partial charge in [0, 0.05) is 0 Å². The predicted molar refractivity (Wildman–Crippen MR) is 33.5 cm³/mol. The van der Waals surface area contributed by atoms with Crippen LogP contribution < -0.4 is 0 Å². The number of aliphatic hydroxyl groups is 2. The number of alkyl halides is 6. The van der Waals surface area contributed by atoms with Crippen molar-refractivity contribution in [3.05, 3.63) is 0 Å². The average Bonchev–Trinajstić information content (AvgIpc) is 1.99. The van der Waals surface area contributed by atoms with E-state index in [-0.39, 0.29) is 0 Å². The zero-order valence-electron chi connectivity index (χ0n) is 6.68. The van der Waals surface area contributed by atoms with Crippen molar-refractivity contribution in [1.82, 2.24) is 0 Å². The van der Waals surface area contributed by atoms with Gasteiger partial charge in [-0.05, 0) is 0 Å². The van der Waals surface area contributed by atoms with Gasteiger partial charge in [0.05, 0.1) is 0 Å². The Morgan fingerprint density at radius 3 is 1.71 bits per heavy atom. The first-order valence-corrected chi connectivity index (χ1v) is 3.48. The van der Waals surface area contributed by atoms with Gasteiger partial charge in [-0.2, -0.15) is 13.2 Å². The van der Waals surface area contributed by atoms with Gasteiger partial charge >= 0.3 is 6.18 Å². The van der Waals surface area contributed by atoms with E-state index in [0.717, 1.165) is 0 Å². The zero-order chi connectivity index (χ0) is 11.5. The summed E-state index contributed by atoms with van der Waals surface area (Å²) in [6, 6.07) is 0. The summed E-state index contributed by atoms with van der Waals surface area (Å²) < 4.78 is 71.4. The number of hydrogen-bond donors (Lipinski definition) is 2. The normalized spacial score (nSPS) is 21.4. The van der Waals surface area contributed by atoms with E-state index < -0.39 is 37.4 Å². The second-order valence-corrected chi connectivity index (χ2v) is 2.60. The van der Waals surface area contributed by atoms with E-state index >= 15 is 0 Å². The van der Waals surface area contributed by atoms with Crippen LogP contribution in [0, 0.1) is 5.92 Å². The molecule has 14 heavy (non-hydrogen) atoms. The molecule has 0 fully saturated rings. The maximum absolute atomic E-state index is 12.3. The van der Waals surface area contributed by atoms with Crippen molar-refractivity contribution in [1.29, 1.82) is 0 Å². The molecule has 0 amide bonds. The Morgan fingerprint density at radius 1 is 1.07 bits per heavy atom. The quantitative estimate of drug-likeness (QED) is 0.705. The van der Waals surface area contributed by atoms with Crippen molar-refractivity contribution in [2.45, 2.75) is 24.8 Å². The van der Waals surface area contributed by atoms with Gasteiger partial charge in [0.15, 0.2) is 6.17 Å². The summed E-state index contributed by atoms with van der Waals surface area (Å²) in [5.41, 5.74) is 0. The monoisotopic (exact) mass is 226 g/mol. The molecule has 8 heteroatoms. The lowest BCUT2D eigenvalue weighted by Crippen LogP contribution is -2.46. The van der Waals surface area contributed by atoms with Crippen molar-refractivity contribution in [3.8, 4) is 0 Å². The number of rotatable bonds is 4. The van der Waals surface area contributed by atoms with Crippen molar-refractivity contribution < 1.29 is 36.6 Å². The highest BCUT2D eigenvalue weighted by atomic mass is 19.4. The molecular formula is C6H8F6O2. The highest BCUT2D eigenvalue weighted by molar-refractivity contribution is 4.82. The molecule has 4 unspecified atom stereocenters. The lowest BCUT2D eigenvalue weighted by molar-refractivity contribution is -0.253. The van der Waals surface area contributed by atoms with Crippen molar-refractivity contribution in [3.63, 3.8) is 0 Å². The molecule has 4 atom stereocenters. The first-order chi connectivity index (χ1) is 6.21. The Balaban J connectivity index is 4.67. The Hall–Kier alpha value is -0.500. The lowest BCUT2D eigenvalue weighted by Gasteiger charge is -2.26. The first kappa shape index (κ1) is 13.5. The van der Waals surface area contributed by atoms with Gasteiger partial charge in [0.2, 0.25) is 6.36 Å². The fourth-order valence-electron chi connectivity index (χ4n) is 0.829. The van der Waals surface area contributed by atoms with E-state index in [4.69, 9.17) is 10.2 Å². The third kappa shape index (κ3) is 3.33. The minimum absolute atomic E-state index is 1.89. The van der Waals surface area contributed by atoms with Crippen LogP contribution in [0.25, 0.3) is 0 Å². The molecule has 2 N–H and O–H groups in total. The third-order valence-corrected chi connectivity index (χ3v) is 1.56. The van der Waals surface area contributed by atoms with Crippen LogP contribution in [0.4, 0.5) is 26.3 Å². The summed E-state index contributed by atoms with van der Waals surface area (Å²) in [6.45, 7) is -1.89. The molecular weight excluding hydrogens is 218 g/mol. The molecule has 86 valence electrons. The van der Waals surface area contributed by atoms with Crippen molar-refractivity contribution in [2.75, 3.05) is 6.67 Å². The molecule has 0 heterocycles. The molecule has 0 aromatic heterocycles. The highest BCUT2D eigenvalue weighted by Crippen LogP contribution is 2.34. The highest BCUT2D eigenvalue weighted by Gasteiger charge is 2.51. The van der Waals surface area contributed by atoms with Crippen LogP contribution in [-0.2, 0) is 0 Å². The summed E-state index contributed by atoms with van der Waals surface area (Å²) in [5, 5.41) is 16.6. The molecule has 0 saturated carbocycles. The van der Waals surface area contributed by atoms with Crippen LogP contribution in [0.3, 0.4) is 0 Å². The second kappa shape index (κ2) is 4.83. The first-order valence-electron chi connectivity index (χ1n) is 3.48. The van der Waals surface area contributed by atoms with Crippen LogP contribution in [-0.4, -0.2) is 41.7 Å². The topological polar surface area (TPSA) is 40.5 Å². The average molecular weight is 226 g/mol. The summed E-state index contributed by atoms with van der Waals surface area (Å²) in [6.07, 6.45) is -14.7. The Bertz CT molecular complexity index is 170. The molecule has 0 aliphatic heterocycles. The minimum Gasteiger partial charge on any atom is -0.389 e. The summed E-state index contributed by atoms with van der Waals surface area (Å²) in [4.78, 5) is 0. The molecule has 2 nitrogen and oxygen atoms in total. The minimum atomic E-state index is -5.34. The number of aliphatic hydroxyl groups excluding tert-OH is 2. The van der Waals surface area contributed by atoms with Gasteiger partial charge < -0.3 is 10.2 Å². The van der Waals surface area contributed by atoms with E-state index in [9.17, 15) is 26.3 Å². The molecule has 0 aliphatic rings. The SMILES string of the molecule is OC(F)C(C(O)C(F)CF)C(F)(F)F. The summed E-state index contributed by atoms with van der Waals surface area (Å²) >= 11 is 0. The van der Waals surface area contributed by atoms with Crippen LogP contribution in [0.5, 0.6) is 0 Å². The maximum Gasteiger partial charge on any atom is 0.399 e. The summed E-state index contributed by atoms with van der Waals surface area (Å²) in [7, 11) is 0.